The Morgan fingerprint density at radius 2 is 1.90 bits per heavy atom. The molecule has 0 saturated carbocycles. The van der Waals surface area contributed by atoms with Gasteiger partial charge in [0.05, 0.1) is 39.7 Å². The van der Waals surface area contributed by atoms with Crippen molar-refractivity contribution in [2.75, 3.05) is 22.8 Å². The summed E-state index contributed by atoms with van der Waals surface area (Å²) >= 11 is 6.13. The molecule has 0 saturated heterocycles. The minimum absolute atomic E-state index is 0.0442. The monoisotopic (exact) mass is 472 g/mol. The van der Waals surface area contributed by atoms with E-state index in [1.54, 1.807) is 16.5 Å². The maximum atomic E-state index is 12.9. The van der Waals surface area contributed by atoms with Gasteiger partial charge in [-0.15, -0.1) is 0 Å². The number of imidazole rings is 1. The summed E-state index contributed by atoms with van der Waals surface area (Å²) in [6.07, 6.45) is -1.53. The fourth-order valence-electron chi connectivity index (χ4n) is 3.18. The number of benzene rings is 2. The number of ether oxygens (including phenoxy) is 1. The van der Waals surface area contributed by atoms with Gasteiger partial charge in [0.2, 0.25) is 0 Å². The first-order chi connectivity index (χ1) is 14.5. The van der Waals surface area contributed by atoms with Gasteiger partial charge in [0.25, 0.3) is 10.0 Å². The van der Waals surface area contributed by atoms with E-state index >= 15 is 0 Å². The molecule has 3 aromatic rings. The lowest BCUT2D eigenvalue weighted by Crippen LogP contribution is -2.29. The van der Waals surface area contributed by atoms with Crippen LogP contribution in [0.2, 0.25) is 5.02 Å². The first kappa shape index (κ1) is 21.3. The molecule has 7 nitrogen and oxygen atoms in total. The highest BCUT2D eigenvalue weighted by Gasteiger charge is 2.32. The Kier molecular flexibility index (Phi) is 5.26. The van der Waals surface area contributed by atoms with Gasteiger partial charge in [-0.25, -0.2) is 13.4 Å². The van der Waals surface area contributed by atoms with Gasteiger partial charge < -0.3 is 14.2 Å². The van der Waals surface area contributed by atoms with Crippen LogP contribution >= 0.6 is 11.6 Å². The average Bonchev–Trinajstić information content (AvgIpc) is 3.10. The summed E-state index contributed by atoms with van der Waals surface area (Å²) in [6.45, 7) is 0.526. The van der Waals surface area contributed by atoms with Crippen LogP contribution in [0.4, 0.5) is 30.4 Å². The van der Waals surface area contributed by atoms with Crippen molar-refractivity contribution in [2.24, 2.45) is 7.05 Å². The molecule has 0 fully saturated rings. The standard InChI is InChI=1S/C19H16ClF3N4O3S/c1-26-10-18(24-11-26)25-31(28,29)13-3-5-16-17(9-13)30-7-6-27(16)15-4-2-12(8-14(15)20)19(21,22)23/h2-5,8-11,25H,6-7H2,1H3. The largest absolute Gasteiger partial charge is 0.489 e. The highest BCUT2D eigenvalue weighted by Crippen LogP contribution is 2.42. The molecule has 2 aromatic carbocycles. The van der Waals surface area contributed by atoms with Crippen LogP contribution in [0.1, 0.15) is 5.56 Å². The zero-order chi connectivity index (χ0) is 22.4. The van der Waals surface area contributed by atoms with E-state index in [0.29, 0.717) is 17.9 Å². The van der Waals surface area contributed by atoms with Crippen molar-refractivity contribution >= 4 is 38.8 Å². The number of rotatable bonds is 4. The average molecular weight is 473 g/mol. The lowest BCUT2D eigenvalue weighted by atomic mass is 10.1. The van der Waals surface area contributed by atoms with E-state index in [0.717, 1.165) is 12.1 Å². The third-order valence-corrected chi connectivity index (χ3v) is 6.27. The van der Waals surface area contributed by atoms with E-state index in [4.69, 9.17) is 16.3 Å². The molecule has 1 aliphatic heterocycles. The third kappa shape index (κ3) is 4.28. The van der Waals surface area contributed by atoms with Crippen molar-refractivity contribution < 1.29 is 26.3 Å². The summed E-state index contributed by atoms with van der Waals surface area (Å²) in [5, 5.41) is -0.0730. The van der Waals surface area contributed by atoms with E-state index in [2.05, 4.69) is 9.71 Å². The van der Waals surface area contributed by atoms with Gasteiger partial charge in [0.1, 0.15) is 12.4 Å². The topological polar surface area (TPSA) is 76.5 Å². The van der Waals surface area contributed by atoms with Crippen molar-refractivity contribution in [3.63, 3.8) is 0 Å². The molecule has 31 heavy (non-hydrogen) atoms. The highest BCUT2D eigenvalue weighted by molar-refractivity contribution is 7.92. The lowest BCUT2D eigenvalue weighted by Gasteiger charge is -2.32. The van der Waals surface area contributed by atoms with Gasteiger partial charge in [-0.05, 0) is 30.3 Å². The van der Waals surface area contributed by atoms with Gasteiger partial charge in [0.15, 0.2) is 5.82 Å². The molecule has 0 unspecified atom stereocenters. The fourth-order valence-corrected chi connectivity index (χ4v) is 4.47. The summed E-state index contributed by atoms with van der Waals surface area (Å²) in [4.78, 5) is 5.58. The highest BCUT2D eigenvalue weighted by atomic mass is 35.5. The minimum atomic E-state index is -4.51. The summed E-state index contributed by atoms with van der Waals surface area (Å²) in [5.41, 5.74) is 0.00268. The Labute approximate surface area is 181 Å². The number of hydrogen-bond donors (Lipinski definition) is 1. The number of nitrogens with one attached hydrogen (secondary N) is 1. The van der Waals surface area contributed by atoms with Crippen LogP contribution in [0.5, 0.6) is 5.75 Å². The van der Waals surface area contributed by atoms with Crippen LogP contribution in [0.15, 0.2) is 53.8 Å². The third-order valence-electron chi connectivity index (χ3n) is 4.61. The first-order valence-corrected chi connectivity index (χ1v) is 10.8. The number of sulfonamides is 1. The Hall–Kier alpha value is -2.92. The van der Waals surface area contributed by atoms with E-state index in [1.807, 2.05) is 0 Å². The Morgan fingerprint density at radius 3 is 2.55 bits per heavy atom. The number of nitrogens with zero attached hydrogens (tertiary/aromatic N) is 3. The zero-order valence-corrected chi connectivity index (χ0v) is 17.6. The molecule has 164 valence electrons. The van der Waals surface area contributed by atoms with Crippen LogP contribution in [0.25, 0.3) is 0 Å². The SMILES string of the molecule is Cn1cnc(NS(=O)(=O)c2ccc3c(c2)OCCN3c2ccc(C(F)(F)F)cc2Cl)c1. The number of anilines is 3. The van der Waals surface area contributed by atoms with E-state index < -0.39 is 21.8 Å². The van der Waals surface area contributed by atoms with Crippen LogP contribution in [-0.4, -0.2) is 31.1 Å². The molecule has 1 aliphatic rings. The normalized spacial score (nSPS) is 14.2. The fraction of sp³-hybridized carbons (Fsp3) is 0.211. The van der Waals surface area contributed by atoms with Crippen molar-refractivity contribution in [3.8, 4) is 5.75 Å². The van der Waals surface area contributed by atoms with E-state index in [1.165, 1.54) is 36.8 Å². The number of aromatic nitrogens is 2. The second-order valence-corrected chi connectivity index (χ2v) is 8.91. The maximum absolute atomic E-state index is 12.9. The molecule has 0 atom stereocenters. The predicted octanol–water partition coefficient (Wildman–Crippen LogP) is 4.42. The lowest BCUT2D eigenvalue weighted by molar-refractivity contribution is -0.137. The first-order valence-electron chi connectivity index (χ1n) is 8.96. The summed E-state index contributed by atoms with van der Waals surface area (Å²) in [5.74, 6) is 0.436. The Bertz CT molecular complexity index is 1240. The molecule has 0 amide bonds. The number of hydrogen-bond acceptors (Lipinski definition) is 5. The molecule has 0 aliphatic carbocycles. The number of aryl methyl sites for hydroxylation is 1. The second-order valence-electron chi connectivity index (χ2n) is 6.82. The van der Waals surface area contributed by atoms with Crippen LogP contribution in [-0.2, 0) is 23.2 Å². The van der Waals surface area contributed by atoms with E-state index in [-0.39, 0.29) is 28.1 Å². The smallest absolute Gasteiger partial charge is 0.416 e. The van der Waals surface area contributed by atoms with Crippen LogP contribution < -0.4 is 14.4 Å². The van der Waals surface area contributed by atoms with Gasteiger partial charge in [-0.3, -0.25) is 4.72 Å². The van der Waals surface area contributed by atoms with Crippen LogP contribution in [0, 0.1) is 0 Å². The number of fused-ring (bicyclic) bond motifs is 1. The maximum Gasteiger partial charge on any atom is 0.416 e. The molecular weight excluding hydrogens is 457 g/mol. The molecule has 1 aromatic heterocycles. The van der Waals surface area contributed by atoms with Crippen LogP contribution in [0.3, 0.4) is 0 Å². The van der Waals surface area contributed by atoms with Crippen molar-refractivity contribution in [2.45, 2.75) is 11.1 Å². The van der Waals surface area contributed by atoms with Gasteiger partial charge >= 0.3 is 6.18 Å². The zero-order valence-electron chi connectivity index (χ0n) is 16.0. The van der Waals surface area contributed by atoms with Crippen molar-refractivity contribution in [1.82, 2.24) is 9.55 Å². The second kappa shape index (κ2) is 7.65. The summed E-state index contributed by atoms with van der Waals surface area (Å²) < 4.78 is 73.7. The van der Waals surface area contributed by atoms with Crippen molar-refractivity contribution in [3.05, 3.63) is 59.5 Å². The Balaban J connectivity index is 1.66. The van der Waals surface area contributed by atoms with E-state index in [9.17, 15) is 21.6 Å². The van der Waals surface area contributed by atoms with Crippen molar-refractivity contribution in [1.29, 1.82) is 0 Å². The summed E-state index contributed by atoms with van der Waals surface area (Å²) in [6, 6.07) is 7.35. The predicted molar refractivity (Wildman–Crippen MR) is 109 cm³/mol. The molecule has 2 heterocycles. The van der Waals surface area contributed by atoms with Gasteiger partial charge in [0, 0.05) is 19.3 Å². The Morgan fingerprint density at radius 1 is 1.16 bits per heavy atom. The molecule has 4 rings (SSSR count). The van der Waals surface area contributed by atoms with Gasteiger partial charge in [-0.2, -0.15) is 13.2 Å². The minimum Gasteiger partial charge on any atom is -0.489 e. The van der Waals surface area contributed by atoms with Gasteiger partial charge in [-0.1, -0.05) is 11.6 Å². The summed E-state index contributed by atoms with van der Waals surface area (Å²) in [7, 11) is -2.21. The number of alkyl halides is 3. The number of halogens is 4. The molecule has 0 bridgehead atoms. The molecule has 0 radical (unpaired) electrons. The molecule has 12 heteroatoms. The quantitative estimate of drug-likeness (QED) is 0.608. The molecular formula is C19H16ClF3N4O3S. The molecule has 0 spiro atoms. The molecule has 1 N–H and O–H groups in total.